The predicted molar refractivity (Wildman–Crippen MR) is 155 cm³/mol. The Hall–Kier alpha value is -4.50. The van der Waals surface area contributed by atoms with E-state index in [0.717, 1.165) is 11.1 Å². The summed E-state index contributed by atoms with van der Waals surface area (Å²) in [7, 11) is 1.39. The number of primary amides is 1. The van der Waals surface area contributed by atoms with E-state index in [4.69, 9.17) is 15.0 Å². The highest BCUT2D eigenvalue weighted by Gasteiger charge is 2.33. The van der Waals surface area contributed by atoms with E-state index in [1.807, 2.05) is 58.0 Å². The SMILES string of the molecule is COC[C@@H](C(=O)N[C@@H](CCCNC(=O)C(C#N)=CC(C)(C)C)C(=O)NCc1ccc(C)cc1)c1c(C(N)=O)noc1C. The van der Waals surface area contributed by atoms with Gasteiger partial charge in [-0.15, -0.1) is 0 Å². The third kappa shape index (κ3) is 10.2. The van der Waals surface area contributed by atoms with Crippen molar-refractivity contribution in [1.82, 2.24) is 21.1 Å². The summed E-state index contributed by atoms with van der Waals surface area (Å²) >= 11 is 0. The molecular formula is C30H40N6O6. The molecule has 2 atom stereocenters. The number of rotatable bonds is 14. The number of nitriles is 1. The topological polar surface area (TPSA) is 189 Å². The molecular weight excluding hydrogens is 540 g/mol. The second-order valence-corrected chi connectivity index (χ2v) is 11.1. The average molecular weight is 581 g/mol. The van der Waals surface area contributed by atoms with Crippen molar-refractivity contribution in [1.29, 1.82) is 5.26 Å². The number of carbonyl (C=O) groups is 4. The zero-order chi connectivity index (χ0) is 31.4. The lowest BCUT2D eigenvalue weighted by molar-refractivity contribution is -0.130. The number of nitrogens with one attached hydrogen (secondary N) is 3. The van der Waals surface area contributed by atoms with Gasteiger partial charge in [0.25, 0.3) is 11.8 Å². The van der Waals surface area contributed by atoms with Gasteiger partial charge in [-0.05, 0) is 37.7 Å². The van der Waals surface area contributed by atoms with Crippen LogP contribution in [0, 0.1) is 30.6 Å². The molecule has 226 valence electrons. The molecule has 42 heavy (non-hydrogen) atoms. The molecule has 0 bridgehead atoms. The summed E-state index contributed by atoms with van der Waals surface area (Å²) in [6.07, 6.45) is 2.07. The number of hydrogen-bond acceptors (Lipinski definition) is 8. The van der Waals surface area contributed by atoms with Gasteiger partial charge in [0, 0.05) is 25.8 Å². The maximum absolute atomic E-state index is 13.5. The fraction of sp³-hybridized carbons (Fsp3) is 0.467. The summed E-state index contributed by atoms with van der Waals surface area (Å²) in [4.78, 5) is 51.2. The van der Waals surface area contributed by atoms with Crippen molar-refractivity contribution in [3.8, 4) is 6.07 Å². The minimum absolute atomic E-state index is 0.0000486. The van der Waals surface area contributed by atoms with E-state index in [-0.39, 0.29) is 54.1 Å². The first-order valence-corrected chi connectivity index (χ1v) is 13.6. The van der Waals surface area contributed by atoms with E-state index in [1.165, 1.54) is 7.11 Å². The van der Waals surface area contributed by atoms with Crippen molar-refractivity contribution in [2.45, 2.75) is 66.0 Å². The highest BCUT2D eigenvalue weighted by Crippen LogP contribution is 2.25. The quantitative estimate of drug-likeness (QED) is 0.149. The molecule has 0 spiro atoms. The third-order valence-corrected chi connectivity index (χ3v) is 6.26. The molecule has 0 unspecified atom stereocenters. The van der Waals surface area contributed by atoms with E-state index in [0.29, 0.717) is 6.42 Å². The number of hydrogen-bond donors (Lipinski definition) is 4. The lowest BCUT2D eigenvalue weighted by atomic mass is 9.93. The molecule has 1 heterocycles. The Labute approximate surface area is 246 Å². The van der Waals surface area contributed by atoms with Crippen molar-refractivity contribution in [2.75, 3.05) is 20.3 Å². The Bertz CT molecular complexity index is 1330. The van der Waals surface area contributed by atoms with Gasteiger partial charge in [0.2, 0.25) is 11.8 Å². The van der Waals surface area contributed by atoms with Crippen LogP contribution in [0.3, 0.4) is 0 Å². The van der Waals surface area contributed by atoms with Crippen LogP contribution in [0.2, 0.25) is 0 Å². The maximum atomic E-state index is 13.5. The fourth-order valence-electron chi connectivity index (χ4n) is 4.17. The standard InChI is InChI=1S/C30H40N6O6/c1-18-9-11-20(12-10-18)16-34-29(40)23(8-7-13-33-27(38)21(15-31)14-30(3,4)5)35-28(39)22(17-41-6)24-19(2)42-36-25(24)26(32)37/h9-12,14,22-23H,7-8,13,16-17H2,1-6H3,(H2,32,37)(H,33,38)(H,34,40)(H,35,39)/t22-,23+/m1/s1. The van der Waals surface area contributed by atoms with E-state index in [2.05, 4.69) is 21.1 Å². The summed E-state index contributed by atoms with van der Waals surface area (Å²) < 4.78 is 10.3. The number of benzene rings is 1. The number of nitrogens with two attached hydrogens (primary N) is 1. The van der Waals surface area contributed by atoms with E-state index in [9.17, 15) is 24.4 Å². The minimum Gasteiger partial charge on any atom is -0.384 e. The third-order valence-electron chi connectivity index (χ3n) is 6.26. The van der Waals surface area contributed by atoms with Crippen molar-refractivity contribution >= 4 is 23.6 Å². The van der Waals surface area contributed by atoms with Gasteiger partial charge in [0.05, 0.1) is 12.5 Å². The van der Waals surface area contributed by atoms with Crippen molar-refractivity contribution in [3.63, 3.8) is 0 Å². The van der Waals surface area contributed by atoms with Crippen molar-refractivity contribution in [2.24, 2.45) is 11.1 Å². The molecule has 4 amide bonds. The van der Waals surface area contributed by atoms with E-state index >= 15 is 0 Å². The Morgan fingerprint density at radius 1 is 1.12 bits per heavy atom. The lowest BCUT2D eigenvalue weighted by Gasteiger charge is -2.22. The van der Waals surface area contributed by atoms with Crippen molar-refractivity contribution in [3.05, 3.63) is 64.1 Å². The number of methoxy groups -OCH3 is 1. The minimum atomic E-state index is -1.03. The zero-order valence-corrected chi connectivity index (χ0v) is 25.0. The molecule has 1 aromatic carbocycles. The molecule has 1 aromatic heterocycles. The maximum Gasteiger partial charge on any atom is 0.271 e. The van der Waals surface area contributed by atoms with Gasteiger partial charge >= 0.3 is 0 Å². The van der Waals surface area contributed by atoms with Gasteiger partial charge < -0.3 is 30.9 Å². The smallest absolute Gasteiger partial charge is 0.271 e. The van der Waals surface area contributed by atoms with Crippen LogP contribution < -0.4 is 21.7 Å². The second kappa shape index (κ2) is 15.5. The predicted octanol–water partition coefficient (Wildman–Crippen LogP) is 2.31. The van der Waals surface area contributed by atoms with Gasteiger partial charge in [-0.1, -0.05) is 61.8 Å². The first-order valence-electron chi connectivity index (χ1n) is 13.6. The molecule has 2 rings (SSSR count). The molecule has 0 saturated heterocycles. The van der Waals surface area contributed by atoms with Crippen LogP contribution in [-0.2, 0) is 25.7 Å². The normalized spacial score (nSPS) is 13.0. The average Bonchev–Trinajstić information content (AvgIpc) is 3.31. The monoisotopic (exact) mass is 580 g/mol. The molecule has 0 aliphatic heterocycles. The lowest BCUT2D eigenvalue weighted by Crippen LogP contribution is -2.49. The number of aryl methyl sites for hydroxylation is 2. The van der Waals surface area contributed by atoms with Gasteiger partial charge in [0.15, 0.2) is 5.69 Å². The van der Waals surface area contributed by atoms with Crippen molar-refractivity contribution < 1.29 is 28.4 Å². The van der Waals surface area contributed by atoms with Crippen LogP contribution in [0.1, 0.15) is 72.5 Å². The van der Waals surface area contributed by atoms with Gasteiger partial charge in [-0.3, -0.25) is 19.2 Å². The first kappa shape index (κ1) is 33.7. The van der Waals surface area contributed by atoms with Crippen LogP contribution in [0.5, 0.6) is 0 Å². The molecule has 2 aromatic rings. The largest absolute Gasteiger partial charge is 0.384 e. The Kier molecular flexibility index (Phi) is 12.4. The Morgan fingerprint density at radius 2 is 1.79 bits per heavy atom. The number of nitrogens with zero attached hydrogens (tertiary/aromatic N) is 2. The van der Waals surface area contributed by atoms with Crippen LogP contribution in [-0.4, -0.2) is 55.1 Å². The fourth-order valence-corrected chi connectivity index (χ4v) is 4.17. The molecule has 0 saturated carbocycles. The molecule has 0 radical (unpaired) electrons. The second-order valence-electron chi connectivity index (χ2n) is 11.1. The van der Waals surface area contributed by atoms with Crippen LogP contribution in [0.25, 0.3) is 0 Å². The molecule has 12 nitrogen and oxygen atoms in total. The van der Waals surface area contributed by atoms with Gasteiger partial charge in [-0.2, -0.15) is 5.26 Å². The summed E-state index contributed by atoms with van der Waals surface area (Å²) in [5.74, 6) is -3.22. The van der Waals surface area contributed by atoms with Gasteiger partial charge in [0.1, 0.15) is 23.4 Å². The molecule has 5 N–H and O–H groups in total. The number of allylic oxidation sites excluding steroid dienone is 1. The highest BCUT2D eigenvalue weighted by molar-refractivity contribution is 5.97. The molecule has 0 aliphatic carbocycles. The Balaban J connectivity index is 2.20. The Morgan fingerprint density at radius 3 is 2.36 bits per heavy atom. The summed E-state index contributed by atoms with van der Waals surface area (Å²) in [6, 6.07) is 8.57. The summed E-state index contributed by atoms with van der Waals surface area (Å²) in [5, 5.41) is 21.3. The van der Waals surface area contributed by atoms with Crippen LogP contribution in [0.15, 0.2) is 40.4 Å². The summed E-state index contributed by atoms with van der Waals surface area (Å²) in [6.45, 7) is 9.42. The number of carbonyl (C=O) groups excluding carboxylic acids is 4. The van der Waals surface area contributed by atoms with Gasteiger partial charge in [-0.25, -0.2) is 0 Å². The number of amides is 4. The first-order chi connectivity index (χ1) is 19.8. The highest BCUT2D eigenvalue weighted by atomic mass is 16.5. The molecule has 0 aliphatic rings. The van der Waals surface area contributed by atoms with E-state index < -0.39 is 35.6 Å². The number of aromatic nitrogens is 1. The molecule has 12 heteroatoms. The van der Waals surface area contributed by atoms with Crippen LogP contribution in [0.4, 0.5) is 0 Å². The molecule has 0 fully saturated rings. The van der Waals surface area contributed by atoms with Crippen LogP contribution >= 0.6 is 0 Å². The van der Waals surface area contributed by atoms with E-state index in [1.54, 1.807) is 13.0 Å². The zero-order valence-electron chi connectivity index (χ0n) is 25.0. The summed E-state index contributed by atoms with van der Waals surface area (Å²) in [5.41, 5.74) is 7.02. The number of ether oxygens (including phenoxy) is 1.